The van der Waals surface area contributed by atoms with Crippen LogP contribution in [0.5, 0.6) is 5.75 Å². The van der Waals surface area contributed by atoms with Gasteiger partial charge < -0.3 is 4.74 Å². The molecule has 2 rings (SSSR count). The van der Waals surface area contributed by atoms with Gasteiger partial charge in [0.1, 0.15) is 5.75 Å². The van der Waals surface area contributed by atoms with Gasteiger partial charge in [0.2, 0.25) is 0 Å². The first-order valence-electron chi connectivity index (χ1n) is 10.0. The Morgan fingerprint density at radius 1 is 1.07 bits per heavy atom. The molecule has 0 spiro atoms. The summed E-state index contributed by atoms with van der Waals surface area (Å²) in [6.07, 6.45) is 4.84. The molecule has 0 heterocycles. The maximum absolute atomic E-state index is 12.7. The number of hydrogen-bond donors (Lipinski definition) is 1. The number of nitrogens with zero attached hydrogens (tertiary/aromatic N) is 1. The van der Waals surface area contributed by atoms with E-state index in [4.69, 9.17) is 4.74 Å². The lowest BCUT2D eigenvalue weighted by Gasteiger charge is -2.20. The number of hydrazone groups is 1. The van der Waals surface area contributed by atoms with Gasteiger partial charge in [-0.3, -0.25) is 0 Å². The molecule has 0 bridgehead atoms. The molecule has 158 valence electrons. The van der Waals surface area contributed by atoms with Crippen molar-refractivity contribution >= 4 is 16.2 Å². The summed E-state index contributed by atoms with van der Waals surface area (Å²) in [4.78, 5) is 2.56. The van der Waals surface area contributed by atoms with Gasteiger partial charge in [-0.1, -0.05) is 52.7 Å². The minimum Gasteiger partial charge on any atom is -0.494 e. The molecular weight excluding hydrogens is 384 g/mol. The number of aryl methyl sites for hydroxylation is 1. The van der Waals surface area contributed by atoms with Gasteiger partial charge in [-0.25, -0.2) is 4.83 Å². The zero-order valence-electron chi connectivity index (χ0n) is 18.0. The first-order chi connectivity index (χ1) is 13.6. The molecule has 1 N–H and O–H groups in total. The van der Waals surface area contributed by atoms with Crippen LogP contribution in [0.4, 0.5) is 0 Å². The number of sulfonamides is 1. The molecular formula is C23H32N2O3S. The van der Waals surface area contributed by atoms with Gasteiger partial charge in [0.25, 0.3) is 10.0 Å². The average Bonchev–Trinajstić information content (AvgIpc) is 2.65. The van der Waals surface area contributed by atoms with Crippen molar-refractivity contribution in [1.82, 2.24) is 4.83 Å². The average molecular weight is 417 g/mol. The van der Waals surface area contributed by atoms with Gasteiger partial charge in [0.15, 0.2) is 0 Å². The molecule has 2 aromatic rings. The Kier molecular flexibility index (Phi) is 7.85. The lowest BCUT2D eigenvalue weighted by atomic mass is 9.87. The summed E-state index contributed by atoms with van der Waals surface area (Å²) >= 11 is 0. The SMILES string of the molecule is CCCCCOc1ccc(/C=N/NS(=O)(=O)c2cc(C(C)(C)C)ccc2C)cc1. The van der Waals surface area contributed by atoms with Gasteiger partial charge in [-0.05, 0) is 65.8 Å². The second kappa shape index (κ2) is 9.92. The molecule has 0 saturated heterocycles. The number of rotatable bonds is 9. The van der Waals surface area contributed by atoms with Crippen LogP contribution in [0.15, 0.2) is 52.5 Å². The van der Waals surface area contributed by atoms with Gasteiger partial charge in [0.05, 0.1) is 17.7 Å². The monoisotopic (exact) mass is 416 g/mol. The van der Waals surface area contributed by atoms with Crippen LogP contribution in [-0.4, -0.2) is 21.2 Å². The number of benzene rings is 2. The summed E-state index contributed by atoms with van der Waals surface area (Å²) in [5.74, 6) is 0.799. The molecule has 0 aliphatic heterocycles. The van der Waals surface area contributed by atoms with Crippen LogP contribution < -0.4 is 9.57 Å². The molecule has 2 aromatic carbocycles. The second-order valence-corrected chi connectivity index (χ2v) is 9.84. The molecule has 0 radical (unpaired) electrons. The van der Waals surface area contributed by atoms with Crippen LogP contribution in [0.3, 0.4) is 0 Å². The van der Waals surface area contributed by atoms with Gasteiger partial charge >= 0.3 is 0 Å². The fourth-order valence-corrected chi connectivity index (χ4v) is 3.83. The number of hydrogen-bond acceptors (Lipinski definition) is 4. The summed E-state index contributed by atoms with van der Waals surface area (Å²) in [6.45, 7) is 10.8. The number of unbranched alkanes of at least 4 members (excludes halogenated alkanes) is 2. The fraction of sp³-hybridized carbons (Fsp3) is 0.435. The Balaban J connectivity index is 2.04. The minimum absolute atomic E-state index is 0.137. The second-order valence-electron chi connectivity index (χ2n) is 8.21. The van der Waals surface area contributed by atoms with Gasteiger partial charge in [-0.15, -0.1) is 0 Å². The predicted octanol–water partition coefficient (Wildman–Crippen LogP) is 5.17. The van der Waals surface area contributed by atoms with Crippen molar-refractivity contribution in [2.24, 2.45) is 5.10 Å². The van der Waals surface area contributed by atoms with E-state index >= 15 is 0 Å². The third kappa shape index (κ3) is 6.89. The third-order valence-corrected chi connectivity index (χ3v) is 5.99. The van der Waals surface area contributed by atoms with E-state index in [1.54, 1.807) is 13.0 Å². The van der Waals surface area contributed by atoms with Crippen LogP contribution in [0.25, 0.3) is 0 Å². The highest BCUT2D eigenvalue weighted by molar-refractivity contribution is 7.89. The summed E-state index contributed by atoms with van der Waals surface area (Å²) in [6, 6.07) is 12.9. The van der Waals surface area contributed by atoms with E-state index in [-0.39, 0.29) is 10.3 Å². The molecule has 0 amide bonds. The zero-order valence-corrected chi connectivity index (χ0v) is 18.8. The van der Waals surface area contributed by atoms with E-state index in [9.17, 15) is 8.42 Å². The Bertz CT molecular complexity index is 928. The molecule has 29 heavy (non-hydrogen) atoms. The Hall–Kier alpha value is -2.34. The van der Waals surface area contributed by atoms with E-state index in [1.165, 1.54) is 6.21 Å². The van der Waals surface area contributed by atoms with Gasteiger partial charge in [-0.2, -0.15) is 13.5 Å². The Labute approximate surface area is 175 Å². The highest BCUT2D eigenvalue weighted by atomic mass is 32.2. The lowest BCUT2D eigenvalue weighted by molar-refractivity contribution is 0.306. The summed E-state index contributed by atoms with van der Waals surface area (Å²) in [7, 11) is -3.74. The van der Waals surface area contributed by atoms with Crippen molar-refractivity contribution in [3.05, 3.63) is 59.2 Å². The van der Waals surface area contributed by atoms with E-state index in [0.29, 0.717) is 12.2 Å². The van der Waals surface area contributed by atoms with Crippen LogP contribution in [0.1, 0.15) is 63.6 Å². The quantitative estimate of drug-likeness (QED) is 0.348. The van der Waals surface area contributed by atoms with E-state index in [0.717, 1.165) is 36.1 Å². The van der Waals surface area contributed by atoms with Crippen molar-refractivity contribution in [3.63, 3.8) is 0 Å². The van der Waals surface area contributed by atoms with Crippen molar-refractivity contribution in [3.8, 4) is 5.75 Å². The van der Waals surface area contributed by atoms with Crippen molar-refractivity contribution < 1.29 is 13.2 Å². The van der Waals surface area contributed by atoms with E-state index in [1.807, 2.05) is 36.4 Å². The number of nitrogens with one attached hydrogen (secondary N) is 1. The molecule has 0 aliphatic rings. The molecule has 0 atom stereocenters. The first-order valence-corrected chi connectivity index (χ1v) is 11.5. The normalized spacial score (nSPS) is 12.3. The molecule has 0 fully saturated rings. The van der Waals surface area contributed by atoms with E-state index in [2.05, 4.69) is 37.6 Å². The van der Waals surface area contributed by atoms with Crippen LogP contribution >= 0.6 is 0 Å². The highest BCUT2D eigenvalue weighted by Crippen LogP contribution is 2.26. The first kappa shape index (κ1) is 22.9. The topological polar surface area (TPSA) is 67.8 Å². The molecule has 6 heteroatoms. The maximum atomic E-state index is 12.7. The molecule has 5 nitrogen and oxygen atoms in total. The smallest absolute Gasteiger partial charge is 0.276 e. The van der Waals surface area contributed by atoms with Crippen LogP contribution in [0, 0.1) is 6.92 Å². The van der Waals surface area contributed by atoms with E-state index < -0.39 is 10.0 Å². The van der Waals surface area contributed by atoms with Crippen molar-refractivity contribution in [1.29, 1.82) is 0 Å². The van der Waals surface area contributed by atoms with Crippen LogP contribution in [-0.2, 0) is 15.4 Å². The van der Waals surface area contributed by atoms with Gasteiger partial charge in [0, 0.05) is 0 Å². The highest BCUT2D eigenvalue weighted by Gasteiger charge is 2.21. The largest absolute Gasteiger partial charge is 0.494 e. The molecule has 0 aromatic heterocycles. The third-order valence-electron chi connectivity index (χ3n) is 4.63. The van der Waals surface area contributed by atoms with Crippen molar-refractivity contribution in [2.45, 2.75) is 64.2 Å². The zero-order chi connectivity index (χ0) is 21.5. The summed E-state index contributed by atoms with van der Waals surface area (Å²) in [5, 5.41) is 3.94. The standard InChI is InChI=1S/C23H32N2O3S/c1-6-7-8-15-28-21-13-10-19(11-14-21)17-24-25-29(26,27)22-16-20(23(3,4)5)12-9-18(22)2/h9-14,16-17,25H,6-8,15H2,1-5H3/b24-17+. The number of ether oxygens (including phenoxy) is 1. The Morgan fingerprint density at radius 3 is 2.38 bits per heavy atom. The fourth-order valence-electron chi connectivity index (χ4n) is 2.77. The van der Waals surface area contributed by atoms with Crippen molar-refractivity contribution in [2.75, 3.05) is 6.61 Å². The molecule has 0 saturated carbocycles. The molecule has 0 unspecified atom stereocenters. The van der Waals surface area contributed by atoms with Crippen LogP contribution in [0.2, 0.25) is 0 Å². The lowest BCUT2D eigenvalue weighted by Crippen LogP contribution is -2.21. The minimum atomic E-state index is -3.74. The Morgan fingerprint density at radius 2 is 1.76 bits per heavy atom. The predicted molar refractivity (Wildman–Crippen MR) is 119 cm³/mol. The molecule has 0 aliphatic carbocycles. The summed E-state index contributed by atoms with van der Waals surface area (Å²) in [5.41, 5.74) is 2.29. The maximum Gasteiger partial charge on any atom is 0.276 e. The summed E-state index contributed by atoms with van der Waals surface area (Å²) < 4.78 is 31.1.